The number of halogens is 1. The van der Waals surface area contributed by atoms with Crippen LogP contribution in [0.15, 0.2) is 15.9 Å². The van der Waals surface area contributed by atoms with Gasteiger partial charge < -0.3 is 4.74 Å². The summed E-state index contributed by atoms with van der Waals surface area (Å²) in [6.45, 7) is 2.74. The molecule has 1 aliphatic heterocycles. The predicted molar refractivity (Wildman–Crippen MR) is 67.4 cm³/mol. The maximum absolute atomic E-state index is 11.4. The Bertz CT molecular complexity index is 380. The molecule has 1 unspecified atom stereocenters. The molecule has 0 aliphatic carbocycles. The highest BCUT2D eigenvalue weighted by molar-refractivity contribution is 9.10. The van der Waals surface area contributed by atoms with Crippen LogP contribution in [-0.2, 0) is 16.1 Å². The molecule has 88 valence electrons. The van der Waals surface area contributed by atoms with E-state index in [0.717, 1.165) is 30.5 Å². The van der Waals surface area contributed by atoms with E-state index in [1.54, 1.807) is 11.3 Å². The van der Waals surface area contributed by atoms with Crippen LogP contribution in [0, 0.1) is 5.92 Å². The van der Waals surface area contributed by atoms with Gasteiger partial charge in [-0.05, 0) is 35.0 Å². The van der Waals surface area contributed by atoms with E-state index in [1.807, 2.05) is 0 Å². The van der Waals surface area contributed by atoms with E-state index >= 15 is 0 Å². The topological polar surface area (TPSA) is 29.5 Å². The van der Waals surface area contributed by atoms with Crippen LogP contribution >= 0.6 is 27.3 Å². The first kappa shape index (κ1) is 12.1. The molecule has 0 bridgehead atoms. The fourth-order valence-corrected chi connectivity index (χ4v) is 3.48. The molecule has 16 heavy (non-hydrogen) atoms. The second kappa shape index (κ2) is 5.29. The summed E-state index contributed by atoms with van der Waals surface area (Å²) in [5.74, 6) is -0.0109. The number of nitrogens with zero attached hydrogens (tertiary/aromatic N) is 1. The summed E-state index contributed by atoms with van der Waals surface area (Å²) >= 11 is 5.19. The van der Waals surface area contributed by atoms with Gasteiger partial charge in [-0.15, -0.1) is 11.3 Å². The molecule has 1 saturated heterocycles. The Morgan fingerprint density at radius 3 is 3.19 bits per heavy atom. The zero-order chi connectivity index (χ0) is 11.5. The molecule has 0 amide bonds. The number of thiophene rings is 1. The summed E-state index contributed by atoms with van der Waals surface area (Å²) in [5, 5.41) is 2.09. The van der Waals surface area contributed by atoms with Crippen LogP contribution in [0.3, 0.4) is 0 Å². The third kappa shape index (κ3) is 2.84. The largest absolute Gasteiger partial charge is 0.469 e. The van der Waals surface area contributed by atoms with Gasteiger partial charge in [-0.3, -0.25) is 9.69 Å². The average Bonchev–Trinajstić information content (AvgIpc) is 2.87. The molecule has 1 fully saturated rings. The Hall–Kier alpha value is -0.390. The molecule has 0 spiro atoms. The molecule has 1 aromatic rings. The zero-order valence-corrected chi connectivity index (χ0v) is 11.5. The highest BCUT2D eigenvalue weighted by Gasteiger charge is 2.28. The van der Waals surface area contributed by atoms with Crippen LogP contribution in [0.2, 0.25) is 0 Å². The summed E-state index contributed by atoms with van der Waals surface area (Å²) in [6, 6.07) is 2.14. The highest BCUT2D eigenvalue weighted by Crippen LogP contribution is 2.24. The minimum Gasteiger partial charge on any atom is -0.469 e. The van der Waals surface area contributed by atoms with Gasteiger partial charge in [-0.2, -0.15) is 0 Å². The van der Waals surface area contributed by atoms with Gasteiger partial charge in [0.1, 0.15) is 0 Å². The molecule has 0 N–H and O–H groups in total. The van der Waals surface area contributed by atoms with E-state index in [9.17, 15) is 4.79 Å². The van der Waals surface area contributed by atoms with Crippen molar-refractivity contribution in [1.82, 2.24) is 4.90 Å². The van der Waals surface area contributed by atoms with E-state index in [2.05, 4.69) is 32.3 Å². The smallest absolute Gasteiger partial charge is 0.310 e. The van der Waals surface area contributed by atoms with Gasteiger partial charge in [0.15, 0.2) is 0 Å². The lowest BCUT2D eigenvalue weighted by Gasteiger charge is -2.13. The molecule has 3 nitrogen and oxygen atoms in total. The van der Waals surface area contributed by atoms with Crippen molar-refractivity contribution in [2.24, 2.45) is 5.92 Å². The fourth-order valence-electron chi connectivity index (χ4n) is 1.99. The second-order valence-corrected chi connectivity index (χ2v) is 5.89. The lowest BCUT2D eigenvalue weighted by molar-refractivity contribution is -0.144. The van der Waals surface area contributed by atoms with Crippen molar-refractivity contribution in [1.29, 1.82) is 0 Å². The Morgan fingerprint density at radius 2 is 2.56 bits per heavy atom. The maximum atomic E-state index is 11.4. The van der Waals surface area contributed by atoms with E-state index in [1.165, 1.54) is 12.0 Å². The molecule has 2 rings (SSSR count). The minimum absolute atomic E-state index is 0.0633. The first-order chi connectivity index (χ1) is 7.69. The third-order valence-corrected chi connectivity index (χ3v) is 4.49. The Labute approximate surface area is 108 Å². The summed E-state index contributed by atoms with van der Waals surface area (Å²) in [4.78, 5) is 15.0. The van der Waals surface area contributed by atoms with Gasteiger partial charge in [-0.1, -0.05) is 0 Å². The number of carbonyl (C=O) groups is 1. The molecule has 0 saturated carbocycles. The summed E-state index contributed by atoms with van der Waals surface area (Å²) < 4.78 is 5.90. The van der Waals surface area contributed by atoms with E-state index < -0.39 is 0 Å². The van der Waals surface area contributed by atoms with E-state index in [-0.39, 0.29) is 11.9 Å². The van der Waals surface area contributed by atoms with Gasteiger partial charge in [-0.25, -0.2) is 0 Å². The fraction of sp³-hybridized carbons (Fsp3) is 0.545. The van der Waals surface area contributed by atoms with Crippen molar-refractivity contribution in [2.45, 2.75) is 13.0 Å². The van der Waals surface area contributed by atoms with Crippen LogP contribution in [0.1, 0.15) is 11.3 Å². The molecule has 1 aromatic heterocycles. The van der Waals surface area contributed by atoms with Crippen molar-refractivity contribution in [2.75, 3.05) is 20.2 Å². The maximum Gasteiger partial charge on any atom is 0.310 e. The van der Waals surface area contributed by atoms with Gasteiger partial charge in [0.2, 0.25) is 0 Å². The van der Waals surface area contributed by atoms with Crippen molar-refractivity contribution in [3.8, 4) is 0 Å². The normalized spacial score (nSPS) is 21.2. The second-order valence-electron chi connectivity index (χ2n) is 3.98. The van der Waals surface area contributed by atoms with Gasteiger partial charge in [0.05, 0.1) is 13.0 Å². The van der Waals surface area contributed by atoms with E-state index in [0.29, 0.717) is 0 Å². The number of hydrogen-bond donors (Lipinski definition) is 0. The molecule has 1 aliphatic rings. The summed E-state index contributed by atoms with van der Waals surface area (Å²) in [6.07, 6.45) is 0.916. The van der Waals surface area contributed by atoms with Crippen molar-refractivity contribution in [3.05, 3.63) is 20.8 Å². The summed E-state index contributed by atoms with van der Waals surface area (Å²) in [7, 11) is 1.46. The predicted octanol–water partition coefficient (Wildman–Crippen LogP) is 2.51. The van der Waals surface area contributed by atoms with Gasteiger partial charge in [0.25, 0.3) is 0 Å². The lowest BCUT2D eigenvalue weighted by Crippen LogP contribution is -2.23. The molecule has 2 heterocycles. The zero-order valence-electron chi connectivity index (χ0n) is 9.11. The number of likely N-dealkylation sites (tertiary alicyclic amines) is 1. The molecule has 1 atom stereocenters. The average molecular weight is 304 g/mol. The monoisotopic (exact) mass is 303 g/mol. The van der Waals surface area contributed by atoms with Gasteiger partial charge in [0, 0.05) is 27.8 Å². The van der Waals surface area contributed by atoms with Crippen molar-refractivity contribution in [3.63, 3.8) is 0 Å². The molecule has 0 aromatic carbocycles. The SMILES string of the molecule is COC(=O)C1CCN(Cc2cc(Br)cs2)C1. The van der Waals surface area contributed by atoms with Crippen molar-refractivity contribution < 1.29 is 9.53 Å². The standard InChI is InChI=1S/C11H14BrNO2S/c1-15-11(14)8-2-3-13(5-8)6-10-4-9(12)7-16-10/h4,7-8H,2-3,5-6H2,1H3. The number of ether oxygens (including phenoxy) is 1. The molecular formula is C11H14BrNO2S. The minimum atomic E-state index is -0.0742. The molecule has 0 radical (unpaired) electrons. The quantitative estimate of drug-likeness (QED) is 0.804. The number of methoxy groups -OCH3 is 1. The Kier molecular flexibility index (Phi) is 4.00. The number of carbonyl (C=O) groups excluding carboxylic acids is 1. The number of esters is 1. The number of rotatable bonds is 3. The van der Waals surface area contributed by atoms with Crippen LogP contribution in [0.25, 0.3) is 0 Å². The molecular weight excluding hydrogens is 290 g/mol. The van der Waals surface area contributed by atoms with Crippen LogP contribution in [-0.4, -0.2) is 31.1 Å². The highest BCUT2D eigenvalue weighted by atomic mass is 79.9. The van der Waals surface area contributed by atoms with Crippen LogP contribution < -0.4 is 0 Å². The lowest BCUT2D eigenvalue weighted by atomic mass is 10.1. The first-order valence-corrected chi connectivity index (χ1v) is 6.89. The Morgan fingerprint density at radius 1 is 1.75 bits per heavy atom. The van der Waals surface area contributed by atoms with Crippen LogP contribution in [0.4, 0.5) is 0 Å². The number of hydrogen-bond acceptors (Lipinski definition) is 4. The summed E-state index contributed by atoms with van der Waals surface area (Å²) in [5.41, 5.74) is 0. The molecule has 5 heteroatoms. The third-order valence-electron chi connectivity index (χ3n) is 2.81. The van der Waals surface area contributed by atoms with Gasteiger partial charge >= 0.3 is 5.97 Å². The Balaban J connectivity index is 1.87. The van der Waals surface area contributed by atoms with Crippen LogP contribution in [0.5, 0.6) is 0 Å². The van der Waals surface area contributed by atoms with Crippen molar-refractivity contribution >= 4 is 33.2 Å². The first-order valence-electron chi connectivity index (χ1n) is 5.22. The van der Waals surface area contributed by atoms with E-state index in [4.69, 9.17) is 4.74 Å².